The van der Waals surface area contributed by atoms with Crippen LogP contribution in [0.25, 0.3) is 11.3 Å². The van der Waals surface area contributed by atoms with E-state index in [-0.39, 0.29) is 18.4 Å². The molecule has 9 nitrogen and oxygen atoms in total. The van der Waals surface area contributed by atoms with Gasteiger partial charge in [-0.15, -0.1) is 0 Å². The first-order chi connectivity index (χ1) is 18.4. The lowest BCUT2D eigenvalue weighted by Crippen LogP contribution is -2.49. The molecule has 0 unspecified atom stereocenters. The number of carbonyl (C=O) groups is 2. The number of aryl methyl sites for hydroxylation is 1. The van der Waals surface area contributed by atoms with Gasteiger partial charge in [0.25, 0.3) is 0 Å². The minimum absolute atomic E-state index is 0.0284. The molecular weight excluding hydrogens is 484 g/mol. The zero-order valence-corrected chi connectivity index (χ0v) is 21.9. The van der Waals surface area contributed by atoms with Gasteiger partial charge in [0.15, 0.2) is 11.7 Å². The molecule has 3 aromatic rings. The second kappa shape index (κ2) is 10.9. The summed E-state index contributed by atoms with van der Waals surface area (Å²) in [5.74, 6) is 1.79. The monoisotopic (exact) mass is 518 g/mol. The van der Waals surface area contributed by atoms with Crippen molar-refractivity contribution in [3.63, 3.8) is 0 Å². The quantitative estimate of drug-likeness (QED) is 0.535. The van der Waals surface area contributed by atoms with E-state index >= 15 is 0 Å². The van der Waals surface area contributed by atoms with Crippen molar-refractivity contribution in [3.05, 3.63) is 66.2 Å². The number of anilines is 1. The molecule has 2 aromatic carbocycles. The Morgan fingerprint density at radius 2 is 1.84 bits per heavy atom. The van der Waals surface area contributed by atoms with Gasteiger partial charge in [-0.05, 0) is 30.5 Å². The van der Waals surface area contributed by atoms with Gasteiger partial charge in [0.05, 0.1) is 31.0 Å². The second-order valence-corrected chi connectivity index (χ2v) is 9.96. The lowest BCUT2D eigenvalue weighted by Gasteiger charge is -2.39. The predicted molar refractivity (Wildman–Crippen MR) is 143 cm³/mol. The summed E-state index contributed by atoms with van der Waals surface area (Å²) in [5, 5.41) is 11.1. The topological polar surface area (TPSA) is 99.4 Å². The van der Waals surface area contributed by atoms with E-state index in [2.05, 4.69) is 9.88 Å². The lowest BCUT2D eigenvalue weighted by molar-refractivity contribution is -0.142. The maximum Gasteiger partial charge on any atom is 0.242 e. The van der Waals surface area contributed by atoms with E-state index in [1.54, 1.807) is 30.0 Å². The minimum Gasteiger partial charge on any atom is -0.496 e. The Balaban J connectivity index is 1.19. The van der Waals surface area contributed by atoms with Crippen LogP contribution in [0, 0.1) is 6.92 Å². The number of carbonyl (C=O) groups excluding carboxylic acids is 2. The normalized spacial score (nSPS) is 17.9. The SMILES string of the molecule is COc1cc(N2CCC(=O)N(CC(=O)N3CCC(O)(c4ccccc4)CC3)CC2)ccc1-c1cnc(C)o1. The van der Waals surface area contributed by atoms with Crippen LogP contribution in [0.2, 0.25) is 0 Å². The molecule has 0 bridgehead atoms. The molecule has 0 aliphatic carbocycles. The zero-order valence-electron chi connectivity index (χ0n) is 21.9. The van der Waals surface area contributed by atoms with Gasteiger partial charge in [0, 0.05) is 57.8 Å². The second-order valence-electron chi connectivity index (χ2n) is 9.96. The molecule has 0 atom stereocenters. The van der Waals surface area contributed by atoms with Crippen LogP contribution in [0.15, 0.2) is 59.1 Å². The highest BCUT2D eigenvalue weighted by Crippen LogP contribution is 2.35. The number of ether oxygens (including phenoxy) is 1. The van der Waals surface area contributed by atoms with E-state index in [4.69, 9.17) is 9.15 Å². The van der Waals surface area contributed by atoms with Crippen molar-refractivity contribution in [2.24, 2.45) is 0 Å². The molecule has 2 aliphatic heterocycles. The molecular formula is C29H34N4O5. The first-order valence-corrected chi connectivity index (χ1v) is 13.1. The van der Waals surface area contributed by atoms with Crippen LogP contribution < -0.4 is 9.64 Å². The number of methoxy groups -OCH3 is 1. The molecule has 0 saturated carbocycles. The van der Waals surface area contributed by atoms with Crippen molar-refractivity contribution >= 4 is 17.5 Å². The van der Waals surface area contributed by atoms with E-state index < -0.39 is 5.60 Å². The molecule has 0 radical (unpaired) electrons. The van der Waals surface area contributed by atoms with Crippen molar-refractivity contribution in [1.29, 1.82) is 0 Å². The molecule has 0 spiro atoms. The van der Waals surface area contributed by atoms with Gasteiger partial charge < -0.3 is 29.0 Å². The van der Waals surface area contributed by atoms with Crippen molar-refractivity contribution in [2.45, 2.75) is 31.8 Å². The number of likely N-dealkylation sites (tertiary alicyclic amines) is 1. The van der Waals surface area contributed by atoms with Crippen LogP contribution in [-0.2, 0) is 15.2 Å². The van der Waals surface area contributed by atoms with Crippen LogP contribution in [0.4, 0.5) is 5.69 Å². The number of piperidine rings is 1. The highest BCUT2D eigenvalue weighted by Gasteiger charge is 2.36. The Kier molecular flexibility index (Phi) is 7.37. The molecule has 200 valence electrons. The molecule has 5 rings (SSSR count). The fourth-order valence-corrected chi connectivity index (χ4v) is 5.28. The van der Waals surface area contributed by atoms with Gasteiger partial charge in [-0.1, -0.05) is 30.3 Å². The summed E-state index contributed by atoms with van der Waals surface area (Å²) < 4.78 is 11.3. The minimum atomic E-state index is -0.917. The highest BCUT2D eigenvalue weighted by molar-refractivity contribution is 5.85. The fourth-order valence-electron chi connectivity index (χ4n) is 5.28. The third-order valence-electron chi connectivity index (χ3n) is 7.61. The molecule has 2 fully saturated rings. The first kappa shape index (κ1) is 25.8. The van der Waals surface area contributed by atoms with Crippen LogP contribution in [0.5, 0.6) is 5.75 Å². The number of nitrogens with zero attached hydrogens (tertiary/aromatic N) is 4. The summed E-state index contributed by atoms with van der Waals surface area (Å²) in [4.78, 5) is 35.7. The van der Waals surface area contributed by atoms with Gasteiger partial charge in [-0.3, -0.25) is 9.59 Å². The number of hydrogen-bond donors (Lipinski definition) is 1. The van der Waals surface area contributed by atoms with Gasteiger partial charge >= 0.3 is 0 Å². The number of amides is 2. The summed E-state index contributed by atoms with van der Waals surface area (Å²) in [5.41, 5.74) is 1.73. The maximum absolute atomic E-state index is 13.1. The van der Waals surface area contributed by atoms with E-state index in [1.165, 1.54) is 0 Å². The standard InChI is InChI=1S/C29H34N4O5/c1-21-30-19-26(38-21)24-9-8-23(18-25(24)37-2)31-13-10-27(34)33(17-16-31)20-28(35)32-14-11-29(36,12-15-32)22-6-4-3-5-7-22/h3-9,18-19,36H,10-17,20H2,1-2H3. The molecule has 3 heterocycles. The molecule has 2 aliphatic rings. The number of aliphatic hydroxyl groups is 1. The zero-order chi connectivity index (χ0) is 26.7. The number of hydrogen-bond acceptors (Lipinski definition) is 7. The Hall–Kier alpha value is -3.85. The third kappa shape index (κ3) is 5.38. The van der Waals surface area contributed by atoms with E-state index in [0.717, 1.165) is 16.8 Å². The van der Waals surface area contributed by atoms with Crippen LogP contribution in [0.3, 0.4) is 0 Å². The van der Waals surface area contributed by atoms with Gasteiger partial charge in [-0.2, -0.15) is 0 Å². The largest absolute Gasteiger partial charge is 0.496 e. The number of benzene rings is 2. The smallest absolute Gasteiger partial charge is 0.242 e. The average Bonchev–Trinajstić information content (AvgIpc) is 3.29. The summed E-state index contributed by atoms with van der Waals surface area (Å²) in [6.45, 7) is 4.41. The molecule has 2 amide bonds. The summed E-state index contributed by atoms with van der Waals surface area (Å²) in [6.07, 6.45) is 2.97. The lowest BCUT2D eigenvalue weighted by atomic mass is 9.84. The average molecular weight is 519 g/mol. The highest BCUT2D eigenvalue weighted by atomic mass is 16.5. The van der Waals surface area contributed by atoms with E-state index in [1.807, 2.05) is 48.5 Å². The van der Waals surface area contributed by atoms with Gasteiger partial charge in [0.2, 0.25) is 11.8 Å². The Morgan fingerprint density at radius 3 is 2.53 bits per heavy atom. The van der Waals surface area contributed by atoms with Crippen molar-refractivity contribution < 1.29 is 23.8 Å². The predicted octanol–water partition coefficient (Wildman–Crippen LogP) is 3.21. The van der Waals surface area contributed by atoms with Crippen LogP contribution in [-0.4, -0.2) is 78.1 Å². The van der Waals surface area contributed by atoms with E-state index in [0.29, 0.717) is 69.4 Å². The maximum atomic E-state index is 13.1. The summed E-state index contributed by atoms with van der Waals surface area (Å²) in [6, 6.07) is 15.5. The van der Waals surface area contributed by atoms with Crippen molar-refractivity contribution in [1.82, 2.24) is 14.8 Å². The summed E-state index contributed by atoms with van der Waals surface area (Å²) >= 11 is 0. The Labute approximate surface area is 222 Å². The van der Waals surface area contributed by atoms with E-state index in [9.17, 15) is 14.7 Å². The first-order valence-electron chi connectivity index (χ1n) is 13.1. The molecule has 1 N–H and O–H groups in total. The number of rotatable bonds is 6. The van der Waals surface area contributed by atoms with Crippen LogP contribution in [0.1, 0.15) is 30.7 Å². The number of oxazole rings is 1. The Morgan fingerprint density at radius 1 is 1.08 bits per heavy atom. The van der Waals surface area contributed by atoms with Crippen LogP contribution >= 0.6 is 0 Å². The van der Waals surface area contributed by atoms with Gasteiger partial charge in [0.1, 0.15) is 5.75 Å². The van der Waals surface area contributed by atoms with Crippen molar-refractivity contribution in [3.8, 4) is 17.1 Å². The summed E-state index contributed by atoms with van der Waals surface area (Å²) in [7, 11) is 1.62. The number of aromatic nitrogens is 1. The van der Waals surface area contributed by atoms with Crippen molar-refractivity contribution in [2.75, 3.05) is 51.3 Å². The van der Waals surface area contributed by atoms with Gasteiger partial charge in [-0.25, -0.2) is 4.98 Å². The molecule has 38 heavy (non-hydrogen) atoms. The molecule has 2 saturated heterocycles. The Bertz CT molecular complexity index is 1280. The molecule has 9 heteroatoms. The third-order valence-corrected chi connectivity index (χ3v) is 7.61. The molecule has 1 aromatic heterocycles. The fraction of sp³-hybridized carbons (Fsp3) is 0.414.